The second kappa shape index (κ2) is 8.83. The number of terminal acetylenes is 1. The molecule has 0 aromatic carbocycles. The number of H-pyrrole nitrogens is 1. The molecule has 23 heavy (non-hydrogen) atoms. The fourth-order valence-corrected chi connectivity index (χ4v) is 2.13. The van der Waals surface area contributed by atoms with Crippen molar-refractivity contribution < 1.29 is 14.3 Å². The highest BCUT2D eigenvalue weighted by atomic mass is 16.5. The number of rotatable bonds is 7. The summed E-state index contributed by atoms with van der Waals surface area (Å²) in [6, 6.07) is -0.656. The zero-order chi connectivity index (χ0) is 17.4. The number of carbonyl (C=O) groups is 2. The first kappa shape index (κ1) is 18.6. The van der Waals surface area contributed by atoms with E-state index in [1.54, 1.807) is 11.1 Å². The van der Waals surface area contributed by atoms with Gasteiger partial charge in [-0.2, -0.15) is 0 Å². The first-order valence-electron chi connectivity index (χ1n) is 7.56. The molecular weight excluding hydrogens is 296 g/mol. The molecule has 0 spiro atoms. The molecule has 1 rings (SSSR count). The standard InChI is InChI=1S/C16H24N4O3/c1-6-8-20(10-13-17-9-12(7-2)18-13)15(21)14(11(3)4)19-16(22)23-5/h2,9,11,14H,6,8,10H2,1,3-5H3,(H,17,18)(H,19,22)/t14-/m0/s1. The van der Waals surface area contributed by atoms with E-state index in [1.165, 1.54) is 7.11 Å². The number of amides is 2. The first-order valence-corrected chi connectivity index (χ1v) is 7.56. The van der Waals surface area contributed by atoms with Gasteiger partial charge in [0.05, 0.1) is 19.9 Å². The highest BCUT2D eigenvalue weighted by Gasteiger charge is 2.29. The Hall–Kier alpha value is -2.49. The number of nitrogens with one attached hydrogen (secondary N) is 2. The summed E-state index contributed by atoms with van der Waals surface area (Å²) in [5, 5.41) is 2.59. The molecule has 0 saturated heterocycles. The van der Waals surface area contributed by atoms with E-state index < -0.39 is 12.1 Å². The van der Waals surface area contributed by atoms with Crippen molar-refractivity contribution in [3.05, 3.63) is 17.7 Å². The Balaban J connectivity index is 2.89. The topological polar surface area (TPSA) is 87.3 Å². The molecule has 1 aromatic rings. The number of alkyl carbamates (subject to hydrolysis) is 1. The van der Waals surface area contributed by atoms with Crippen molar-refractivity contribution >= 4 is 12.0 Å². The summed E-state index contributed by atoms with van der Waals surface area (Å²) in [6.45, 7) is 6.57. The van der Waals surface area contributed by atoms with Crippen LogP contribution in [0.5, 0.6) is 0 Å². The fourth-order valence-electron chi connectivity index (χ4n) is 2.13. The van der Waals surface area contributed by atoms with E-state index in [-0.39, 0.29) is 11.8 Å². The maximum absolute atomic E-state index is 12.8. The van der Waals surface area contributed by atoms with Crippen molar-refractivity contribution in [2.24, 2.45) is 5.92 Å². The van der Waals surface area contributed by atoms with E-state index in [1.807, 2.05) is 20.8 Å². The molecule has 1 atom stereocenters. The molecular formula is C16H24N4O3. The molecule has 1 aromatic heterocycles. The van der Waals surface area contributed by atoms with Crippen molar-refractivity contribution in [1.29, 1.82) is 0 Å². The SMILES string of the molecule is C#Cc1cnc(CN(CCC)C(=O)[C@@H](NC(=O)OC)C(C)C)[nH]1. The Morgan fingerprint density at radius 2 is 2.22 bits per heavy atom. The molecule has 0 aliphatic rings. The lowest BCUT2D eigenvalue weighted by atomic mass is 10.0. The zero-order valence-corrected chi connectivity index (χ0v) is 14.0. The number of aromatic nitrogens is 2. The maximum Gasteiger partial charge on any atom is 0.407 e. The summed E-state index contributed by atoms with van der Waals surface area (Å²) < 4.78 is 4.60. The molecule has 0 saturated carbocycles. The van der Waals surface area contributed by atoms with Gasteiger partial charge < -0.3 is 19.9 Å². The summed E-state index contributed by atoms with van der Waals surface area (Å²) in [5.41, 5.74) is 0.567. The van der Waals surface area contributed by atoms with Crippen LogP contribution >= 0.6 is 0 Å². The van der Waals surface area contributed by atoms with Gasteiger partial charge in [0.2, 0.25) is 5.91 Å². The van der Waals surface area contributed by atoms with Gasteiger partial charge in [-0.1, -0.05) is 26.7 Å². The number of imidazole rings is 1. The third-order valence-electron chi connectivity index (χ3n) is 3.32. The third kappa shape index (κ3) is 5.33. The Morgan fingerprint density at radius 1 is 1.52 bits per heavy atom. The van der Waals surface area contributed by atoms with E-state index in [4.69, 9.17) is 6.42 Å². The van der Waals surface area contributed by atoms with Crippen LogP contribution in [0.3, 0.4) is 0 Å². The molecule has 0 bridgehead atoms. The lowest BCUT2D eigenvalue weighted by Gasteiger charge is -2.28. The Bertz CT molecular complexity index is 574. The summed E-state index contributed by atoms with van der Waals surface area (Å²) >= 11 is 0. The number of nitrogens with zero attached hydrogens (tertiary/aromatic N) is 2. The largest absolute Gasteiger partial charge is 0.453 e. The molecule has 7 nitrogen and oxygen atoms in total. The summed E-state index contributed by atoms with van der Waals surface area (Å²) in [6.07, 6.45) is 7.02. The summed E-state index contributed by atoms with van der Waals surface area (Å²) in [4.78, 5) is 33.0. The smallest absolute Gasteiger partial charge is 0.407 e. The Kier molecular flexibility index (Phi) is 7.13. The molecule has 0 unspecified atom stereocenters. The van der Waals surface area contributed by atoms with Gasteiger partial charge in [0.1, 0.15) is 17.6 Å². The van der Waals surface area contributed by atoms with Crippen molar-refractivity contribution in [1.82, 2.24) is 20.2 Å². The second-order valence-corrected chi connectivity index (χ2v) is 5.51. The van der Waals surface area contributed by atoms with Crippen molar-refractivity contribution in [3.63, 3.8) is 0 Å². The highest BCUT2D eigenvalue weighted by molar-refractivity contribution is 5.85. The number of hydrogen-bond donors (Lipinski definition) is 2. The van der Waals surface area contributed by atoms with Gasteiger partial charge in [0.25, 0.3) is 0 Å². The van der Waals surface area contributed by atoms with Gasteiger partial charge in [-0.3, -0.25) is 4.79 Å². The van der Waals surface area contributed by atoms with E-state index in [0.29, 0.717) is 24.6 Å². The van der Waals surface area contributed by atoms with E-state index >= 15 is 0 Å². The minimum absolute atomic E-state index is 0.0705. The van der Waals surface area contributed by atoms with Crippen LogP contribution in [0, 0.1) is 18.3 Å². The number of methoxy groups -OCH3 is 1. The second-order valence-electron chi connectivity index (χ2n) is 5.51. The van der Waals surface area contributed by atoms with Gasteiger partial charge in [-0.05, 0) is 12.3 Å². The molecule has 0 aliphatic heterocycles. The Labute approximate surface area is 136 Å². The molecule has 2 N–H and O–H groups in total. The third-order valence-corrected chi connectivity index (χ3v) is 3.32. The molecule has 0 fully saturated rings. The predicted octanol–water partition coefficient (Wildman–Crippen LogP) is 1.51. The van der Waals surface area contributed by atoms with Crippen LogP contribution < -0.4 is 5.32 Å². The number of carbonyl (C=O) groups excluding carboxylic acids is 2. The lowest BCUT2D eigenvalue weighted by Crippen LogP contribution is -2.51. The zero-order valence-electron chi connectivity index (χ0n) is 14.0. The Morgan fingerprint density at radius 3 is 2.70 bits per heavy atom. The van der Waals surface area contributed by atoms with Crippen LogP contribution in [0.1, 0.15) is 38.7 Å². The minimum atomic E-state index is -0.656. The normalized spacial score (nSPS) is 11.7. The van der Waals surface area contributed by atoms with Gasteiger partial charge in [0.15, 0.2) is 0 Å². The van der Waals surface area contributed by atoms with E-state index in [2.05, 4.69) is 25.9 Å². The van der Waals surface area contributed by atoms with E-state index in [9.17, 15) is 9.59 Å². The predicted molar refractivity (Wildman–Crippen MR) is 86.4 cm³/mol. The van der Waals surface area contributed by atoms with Crippen LogP contribution in [0.15, 0.2) is 6.20 Å². The summed E-state index contributed by atoms with van der Waals surface area (Å²) in [7, 11) is 1.27. The average Bonchev–Trinajstić information content (AvgIpc) is 2.98. The van der Waals surface area contributed by atoms with Gasteiger partial charge in [0, 0.05) is 6.54 Å². The minimum Gasteiger partial charge on any atom is -0.453 e. The first-order chi connectivity index (χ1) is 10.9. The quantitative estimate of drug-likeness (QED) is 0.746. The molecule has 0 aliphatic carbocycles. The molecule has 1 heterocycles. The maximum atomic E-state index is 12.8. The van der Waals surface area contributed by atoms with Gasteiger partial charge >= 0.3 is 6.09 Å². The lowest BCUT2D eigenvalue weighted by molar-refractivity contribution is -0.135. The highest BCUT2D eigenvalue weighted by Crippen LogP contribution is 2.10. The van der Waals surface area contributed by atoms with Crippen molar-refractivity contribution in [2.75, 3.05) is 13.7 Å². The number of hydrogen-bond acceptors (Lipinski definition) is 4. The van der Waals surface area contributed by atoms with E-state index in [0.717, 1.165) is 6.42 Å². The van der Waals surface area contributed by atoms with Crippen LogP contribution in [0.25, 0.3) is 0 Å². The van der Waals surface area contributed by atoms with Crippen LogP contribution in [0.4, 0.5) is 4.79 Å². The van der Waals surface area contributed by atoms with Crippen LogP contribution in [-0.4, -0.2) is 46.6 Å². The fraction of sp³-hybridized carbons (Fsp3) is 0.562. The van der Waals surface area contributed by atoms with Crippen LogP contribution in [0.2, 0.25) is 0 Å². The van der Waals surface area contributed by atoms with Gasteiger partial charge in [-0.15, -0.1) is 6.42 Å². The molecule has 2 amide bonds. The number of aromatic amines is 1. The number of ether oxygens (including phenoxy) is 1. The molecule has 126 valence electrons. The monoisotopic (exact) mass is 320 g/mol. The molecule has 7 heteroatoms. The van der Waals surface area contributed by atoms with Crippen LogP contribution in [-0.2, 0) is 16.1 Å². The van der Waals surface area contributed by atoms with Crippen molar-refractivity contribution in [3.8, 4) is 12.3 Å². The average molecular weight is 320 g/mol. The molecule has 0 radical (unpaired) electrons. The van der Waals surface area contributed by atoms with Gasteiger partial charge in [-0.25, -0.2) is 9.78 Å². The van der Waals surface area contributed by atoms with Crippen molar-refractivity contribution in [2.45, 2.75) is 39.8 Å². The summed E-state index contributed by atoms with van der Waals surface area (Å²) in [5.74, 6) is 2.83.